The molecule has 7 heteroatoms. The molecule has 0 aliphatic heterocycles. The maximum absolute atomic E-state index is 11.8. The topological polar surface area (TPSA) is 68.3 Å². The van der Waals surface area contributed by atoms with Crippen LogP contribution in [0.15, 0.2) is 18.2 Å². The van der Waals surface area contributed by atoms with E-state index in [4.69, 9.17) is 15.9 Å². The van der Waals surface area contributed by atoms with Crippen molar-refractivity contribution in [3.05, 3.63) is 29.3 Å². The molecule has 0 saturated carbocycles. The Morgan fingerprint density at radius 2 is 2.00 bits per heavy atom. The highest BCUT2D eigenvalue weighted by Gasteiger charge is 2.27. The highest BCUT2D eigenvalue weighted by atomic mass is 19.4. The van der Waals surface area contributed by atoms with Crippen molar-refractivity contribution < 1.29 is 22.6 Å². The van der Waals surface area contributed by atoms with Crippen LogP contribution >= 0.6 is 0 Å². The van der Waals surface area contributed by atoms with E-state index >= 15 is 0 Å². The Morgan fingerprint density at radius 1 is 1.30 bits per heavy atom. The molecule has 0 aromatic heterocycles. The molecule has 1 aromatic rings. The number of nitrogens with two attached hydrogens (primary N) is 1. The van der Waals surface area contributed by atoms with Crippen LogP contribution in [0.3, 0.4) is 0 Å². The van der Waals surface area contributed by atoms with Gasteiger partial charge in [0.15, 0.2) is 0 Å². The van der Waals surface area contributed by atoms with E-state index in [1.54, 1.807) is 18.2 Å². The molecule has 0 saturated heterocycles. The van der Waals surface area contributed by atoms with Crippen molar-refractivity contribution in [1.29, 1.82) is 5.41 Å². The van der Waals surface area contributed by atoms with Crippen LogP contribution in [-0.2, 0) is 4.74 Å². The summed E-state index contributed by atoms with van der Waals surface area (Å²) in [7, 11) is 0. The first kappa shape index (κ1) is 16.3. The summed E-state index contributed by atoms with van der Waals surface area (Å²) in [5.74, 6) is 0.497. The fourth-order valence-electron chi connectivity index (χ4n) is 1.45. The van der Waals surface area contributed by atoms with Crippen LogP contribution in [0.4, 0.5) is 13.2 Å². The number of benzene rings is 1. The van der Waals surface area contributed by atoms with Crippen molar-refractivity contribution in [1.82, 2.24) is 0 Å². The summed E-state index contributed by atoms with van der Waals surface area (Å²) in [4.78, 5) is 0. The molecule has 0 radical (unpaired) electrons. The lowest BCUT2D eigenvalue weighted by atomic mass is 10.1. The first-order valence-corrected chi connectivity index (χ1v) is 6.02. The van der Waals surface area contributed by atoms with Crippen LogP contribution in [0.1, 0.15) is 17.5 Å². The van der Waals surface area contributed by atoms with Gasteiger partial charge in [-0.1, -0.05) is 12.1 Å². The number of halogens is 3. The molecule has 4 nitrogen and oxygen atoms in total. The van der Waals surface area contributed by atoms with E-state index in [1.807, 2.05) is 6.92 Å². The van der Waals surface area contributed by atoms with Crippen molar-refractivity contribution in [2.24, 2.45) is 5.73 Å². The molecule has 3 N–H and O–H groups in total. The van der Waals surface area contributed by atoms with Crippen molar-refractivity contribution in [3.63, 3.8) is 0 Å². The lowest BCUT2D eigenvalue weighted by molar-refractivity contribution is -0.174. The number of aryl methyl sites for hydroxylation is 1. The van der Waals surface area contributed by atoms with Gasteiger partial charge in [-0.2, -0.15) is 13.2 Å². The average molecular weight is 290 g/mol. The predicted molar refractivity (Wildman–Crippen MR) is 69.2 cm³/mol. The van der Waals surface area contributed by atoms with Gasteiger partial charge in [0.2, 0.25) is 0 Å². The smallest absolute Gasteiger partial charge is 0.411 e. The van der Waals surface area contributed by atoms with E-state index in [2.05, 4.69) is 4.74 Å². The lowest BCUT2D eigenvalue weighted by Gasteiger charge is -2.11. The number of hydrogen-bond acceptors (Lipinski definition) is 3. The Kier molecular flexibility index (Phi) is 5.82. The van der Waals surface area contributed by atoms with Gasteiger partial charge < -0.3 is 15.2 Å². The number of hydrogen-bond donors (Lipinski definition) is 2. The SMILES string of the molecule is Cc1ccc(C(=N)N)cc1OCCCOCC(F)(F)F. The molecule has 0 atom stereocenters. The molecule has 0 heterocycles. The third-order valence-corrected chi connectivity index (χ3v) is 2.46. The van der Waals surface area contributed by atoms with Crippen molar-refractivity contribution >= 4 is 5.84 Å². The van der Waals surface area contributed by atoms with E-state index < -0.39 is 12.8 Å². The first-order chi connectivity index (χ1) is 9.29. The lowest BCUT2D eigenvalue weighted by Crippen LogP contribution is -2.18. The van der Waals surface area contributed by atoms with Gasteiger partial charge >= 0.3 is 6.18 Å². The molecule has 0 fully saturated rings. The third-order valence-electron chi connectivity index (χ3n) is 2.46. The quantitative estimate of drug-likeness (QED) is 0.461. The second-order valence-corrected chi connectivity index (χ2v) is 4.26. The van der Waals surface area contributed by atoms with Gasteiger partial charge in [-0.05, 0) is 18.6 Å². The summed E-state index contributed by atoms with van der Waals surface area (Å²) in [6.45, 7) is 0.802. The number of amidine groups is 1. The fraction of sp³-hybridized carbons (Fsp3) is 0.462. The van der Waals surface area contributed by atoms with E-state index in [-0.39, 0.29) is 19.0 Å². The van der Waals surface area contributed by atoms with Crippen LogP contribution in [-0.4, -0.2) is 31.8 Å². The average Bonchev–Trinajstić information content (AvgIpc) is 2.34. The number of nitrogens with one attached hydrogen (secondary N) is 1. The maximum Gasteiger partial charge on any atom is 0.411 e. The summed E-state index contributed by atoms with van der Waals surface area (Å²) < 4.78 is 45.4. The minimum atomic E-state index is -4.30. The van der Waals surface area contributed by atoms with Gasteiger partial charge in [0.05, 0.1) is 13.2 Å². The molecular weight excluding hydrogens is 273 g/mol. The summed E-state index contributed by atoms with van der Waals surface area (Å²) in [5.41, 5.74) is 6.78. The Hall–Kier alpha value is -1.76. The second-order valence-electron chi connectivity index (χ2n) is 4.26. The molecular formula is C13H17F3N2O2. The van der Waals surface area contributed by atoms with Gasteiger partial charge in [-0.3, -0.25) is 5.41 Å². The molecule has 1 rings (SSSR count). The van der Waals surface area contributed by atoms with Crippen LogP contribution < -0.4 is 10.5 Å². The highest BCUT2D eigenvalue weighted by Crippen LogP contribution is 2.19. The Morgan fingerprint density at radius 3 is 2.60 bits per heavy atom. The van der Waals surface area contributed by atoms with Gasteiger partial charge in [0, 0.05) is 12.0 Å². The van der Waals surface area contributed by atoms with E-state index in [0.29, 0.717) is 17.7 Å². The minimum Gasteiger partial charge on any atom is -0.493 e. The first-order valence-electron chi connectivity index (χ1n) is 6.02. The van der Waals surface area contributed by atoms with Crippen LogP contribution in [0.25, 0.3) is 0 Å². The Labute approximate surface area is 115 Å². The van der Waals surface area contributed by atoms with E-state index in [0.717, 1.165) is 5.56 Å². The standard InChI is InChI=1S/C13H17F3N2O2/c1-9-3-4-10(12(17)18)7-11(9)20-6-2-5-19-8-13(14,15)16/h3-4,7H,2,5-6,8H2,1H3,(H3,17,18). The molecule has 0 unspecified atom stereocenters. The minimum absolute atomic E-state index is 0.0229. The van der Waals surface area contributed by atoms with Gasteiger partial charge in [-0.15, -0.1) is 0 Å². The van der Waals surface area contributed by atoms with Gasteiger partial charge in [-0.25, -0.2) is 0 Å². The summed E-state index contributed by atoms with van der Waals surface area (Å²) in [6.07, 6.45) is -3.95. The Bertz CT molecular complexity index is 461. The van der Waals surface area contributed by atoms with Crippen molar-refractivity contribution in [2.75, 3.05) is 19.8 Å². The van der Waals surface area contributed by atoms with Crippen LogP contribution in [0.5, 0.6) is 5.75 Å². The van der Waals surface area contributed by atoms with Gasteiger partial charge in [0.25, 0.3) is 0 Å². The summed E-state index contributed by atoms with van der Waals surface area (Å²) in [6, 6.07) is 5.11. The number of ether oxygens (including phenoxy) is 2. The molecule has 112 valence electrons. The molecule has 0 spiro atoms. The third kappa shape index (κ3) is 5.92. The largest absolute Gasteiger partial charge is 0.493 e. The Balaban J connectivity index is 2.35. The monoisotopic (exact) mass is 290 g/mol. The second kappa shape index (κ2) is 7.14. The molecule has 0 amide bonds. The number of alkyl halides is 3. The predicted octanol–water partition coefficient (Wildman–Crippen LogP) is 2.63. The number of rotatable bonds is 7. The van der Waals surface area contributed by atoms with E-state index in [1.165, 1.54) is 0 Å². The molecule has 20 heavy (non-hydrogen) atoms. The van der Waals surface area contributed by atoms with Gasteiger partial charge in [0.1, 0.15) is 18.2 Å². The fourth-order valence-corrected chi connectivity index (χ4v) is 1.45. The zero-order chi connectivity index (χ0) is 15.2. The highest BCUT2D eigenvalue weighted by molar-refractivity contribution is 5.95. The summed E-state index contributed by atoms with van der Waals surface area (Å²) in [5, 5.41) is 7.32. The van der Waals surface area contributed by atoms with Crippen molar-refractivity contribution in [2.45, 2.75) is 19.5 Å². The maximum atomic E-state index is 11.8. The van der Waals surface area contributed by atoms with Crippen LogP contribution in [0, 0.1) is 12.3 Å². The molecule has 1 aromatic carbocycles. The zero-order valence-corrected chi connectivity index (χ0v) is 11.1. The normalized spacial score (nSPS) is 11.4. The van der Waals surface area contributed by atoms with Crippen molar-refractivity contribution in [3.8, 4) is 5.75 Å². The number of nitrogen functional groups attached to an aromatic ring is 1. The molecule has 0 aliphatic rings. The zero-order valence-electron chi connectivity index (χ0n) is 11.1. The molecule has 0 bridgehead atoms. The summed E-state index contributed by atoms with van der Waals surface area (Å²) >= 11 is 0. The molecule has 0 aliphatic carbocycles. The van der Waals surface area contributed by atoms with E-state index in [9.17, 15) is 13.2 Å². The van der Waals surface area contributed by atoms with Crippen LogP contribution in [0.2, 0.25) is 0 Å².